The smallest absolute Gasteiger partial charge is 0.217 e. The van der Waals surface area contributed by atoms with Gasteiger partial charge in [-0.25, -0.2) is 4.99 Å². The third-order valence-electron chi connectivity index (χ3n) is 5.74. The summed E-state index contributed by atoms with van der Waals surface area (Å²) in [5, 5.41) is 0.194. The first kappa shape index (κ1) is 21.6. The molecule has 0 saturated heterocycles. The van der Waals surface area contributed by atoms with Crippen molar-refractivity contribution in [1.82, 2.24) is 0 Å². The fraction of sp³-hybridized carbons (Fsp3) is 0.458. The van der Waals surface area contributed by atoms with Gasteiger partial charge in [-0.3, -0.25) is 0 Å². The van der Waals surface area contributed by atoms with Gasteiger partial charge in [-0.1, -0.05) is 57.2 Å². The van der Waals surface area contributed by atoms with E-state index in [4.69, 9.17) is 18.9 Å². The molecular weight excluding hydrogens is 378 g/mol. The summed E-state index contributed by atoms with van der Waals surface area (Å²) in [6, 6.07) is 18.3. The fourth-order valence-corrected chi connectivity index (χ4v) is 3.97. The van der Waals surface area contributed by atoms with Crippen molar-refractivity contribution in [2.45, 2.75) is 58.0 Å². The third-order valence-corrected chi connectivity index (χ3v) is 10.2. The lowest BCUT2D eigenvalue weighted by Crippen LogP contribution is -2.43. The summed E-state index contributed by atoms with van der Waals surface area (Å²) in [5.74, 6) is 1.48. The van der Waals surface area contributed by atoms with Crippen molar-refractivity contribution in [3.63, 3.8) is 0 Å². The first-order valence-corrected chi connectivity index (χ1v) is 13.2. The van der Waals surface area contributed by atoms with Crippen molar-refractivity contribution in [2.75, 3.05) is 13.2 Å². The van der Waals surface area contributed by atoms with E-state index in [2.05, 4.69) is 52.9 Å². The number of aliphatic imine (C=N–C) groups is 1. The van der Waals surface area contributed by atoms with Crippen LogP contribution in [0.15, 0.2) is 59.6 Å². The second kappa shape index (κ2) is 8.72. The summed E-state index contributed by atoms with van der Waals surface area (Å²) < 4.78 is 18.3. The van der Waals surface area contributed by atoms with Gasteiger partial charge >= 0.3 is 0 Å². The van der Waals surface area contributed by atoms with Crippen LogP contribution in [0.25, 0.3) is 0 Å². The molecule has 3 rings (SSSR count). The Labute approximate surface area is 176 Å². The van der Waals surface area contributed by atoms with Crippen LogP contribution >= 0.6 is 0 Å². The average Bonchev–Trinajstić information content (AvgIpc) is 3.17. The number of rotatable bonds is 7. The highest BCUT2D eigenvalue weighted by Gasteiger charge is 2.37. The molecule has 2 aromatic rings. The van der Waals surface area contributed by atoms with E-state index in [-0.39, 0.29) is 17.2 Å². The van der Waals surface area contributed by atoms with E-state index in [0.29, 0.717) is 19.1 Å². The molecule has 0 bridgehead atoms. The lowest BCUT2D eigenvalue weighted by molar-refractivity contribution is 0.134. The molecule has 29 heavy (non-hydrogen) atoms. The largest absolute Gasteiger partial charge is 0.488 e. The van der Waals surface area contributed by atoms with Crippen LogP contribution < -0.4 is 4.74 Å². The van der Waals surface area contributed by atoms with Crippen LogP contribution in [0, 0.1) is 0 Å². The van der Waals surface area contributed by atoms with Crippen molar-refractivity contribution in [1.29, 1.82) is 0 Å². The van der Waals surface area contributed by atoms with Crippen molar-refractivity contribution in [3.05, 3.63) is 65.7 Å². The molecule has 1 aliphatic heterocycles. The van der Waals surface area contributed by atoms with E-state index in [0.717, 1.165) is 11.3 Å². The Morgan fingerprint density at radius 1 is 1.10 bits per heavy atom. The molecule has 0 saturated carbocycles. The molecule has 5 heteroatoms. The molecule has 0 aliphatic carbocycles. The van der Waals surface area contributed by atoms with Crippen LogP contribution in [-0.4, -0.2) is 33.5 Å². The zero-order valence-corrected chi connectivity index (χ0v) is 19.4. The third kappa shape index (κ3) is 5.49. The Morgan fingerprint density at radius 2 is 1.83 bits per heavy atom. The van der Waals surface area contributed by atoms with Gasteiger partial charge in [0.05, 0.1) is 6.61 Å². The van der Waals surface area contributed by atoms with Gasteiger partial charge in [-0.2, -0.15) is 0 Å². The summed E-state index contributed by atoms with van der Waals surface area (Å²) in [4.78, 5) is 4.76. The number of benzene rings is 2. The van der Waals surface area contributed by atoms with Crippen LogP contribution in [0.5, 0.6) is 5.75 Å². The molecule has 0 spiro atoms. The molecule has 1 heterocycles. The van der Waals surface area contributed by atoms with Gasteiger partial charge < -0.3 is 13.9 Å². The maximum Gasteiger partial charge on any atom is 0.217 e. The second-order valence-corrected chi connectivity index (χ2v) is 14.0. The van der Waals surface area contributed by atoms with Gasteiger partial charge in [-0.05, 0) is 48.8 Å². The molecule has 0 radical (unpaired) electrons. The molecule has 156 valence electrons. The molecular formula is C24H33NO3Si. The lowest BCUT2D eigenvalue weighted by atomic mass is 10.1. The zero-order chi connectivity index (χ0) is 21.1. The topological polar surface area (TPSA) is 40.0 Å². The molecule has 0 N–H and O–H groups in total. The van der Waals surface area contributed by atoms with E-state index in [1.54, 1.807) is 0 Å². The lowest BCUT2D eigenvalue weighted by Gasteiger charge is -2.36. The summed E-state index contributed by atoms with van der Waals surface area (Å²) in [5.41, 5.74) is 2.12. The Bertz CT molecular complexity index is 843. The number of hydrogen-bond donors (Lipinski definition) is 0. The molecule has 0 aromatic heterocycles. The van der Waals surface area contributed by atoms with Gasteiger partial charge in [0.25, 0.3) is 0 Å². The molecule has 1 unspecified atom stereocenters. The predicted molar refractivity (Wildman–Crippen MR) is 121 cm³/mol. The number of nitrogens with zero attached hydrogens (tertiary/aromatic N) is 1. The Hall–Kier alpha value is -2.11. The van der Waals surface area contributed by atoms with Crippen molar-refractivity contribution in [3.8, 4) is 5.75 Å². The SMILES string of the molecule is CC(CO[Si](C)(C)C(C)(C)C)Oc1cccc(C2=N[C@@H](c3ccccc3)CO2)c1. The first-order valence-electron chi connectivity index (χ1n) is 10.3. The predicted octanol–water partition coefficient (Wildman–Crippen LogP) is 5.99. The number of ether oxygens (including phenoxy) is 2. The molecule has 2 atom stereocenters. The van der Waals surface area contributed by atoms with E-state index >= 15 is 0 Å². The first-order chi connectivity index (χ1) is 13.7. The highest BCUT2D eigenvalue weighted by Crippen LogP contribution is 2.36. The summed E-state index contributed by atoms with van der Waals surface area (Å²) in [6.07, 6.45) is -0.0251. The monoisotopic (exact) mass is 411 g/mol. The molecule has 4 nitrogen and oxygen atoms in total. The van der Waals surface area contributed by atoms with E-state index in [1.165, 1.54) is 5.56 Å². The molecule has 0 amide bonds. The average molecular weight is 412 g/mol. The van der Waals surface area contributed by atoms with E-state index in [9.17, 15) is 0 Å². The minimum absolute atomic E-state index is 0.0251. The minimum Gasteiger partial charge on any atom is -0.488 e. The maximum absolute atomic E-state index is 6.29. The van der Waals surface area contributed by atoms with Crippen LogP contribution in [-0.2, 0) is 9.16 Å². The highest BCUT2D eigenvalue weighted by atomic mass is 28.4. The van der Waals surface area contributed by atoms with Crippen molar-refractivity contribution >= 4 is 14.2 Å². The standard InChI is InChI=1S/C24H33NO3Si/c1-18(16-27-29(5,6)24(2,3)4)28-21-14-10-13-20(15-21)23-25-22(17-26-23)19-11-8-7-9-12-19/h7-15,18,22H,16-17H2,1-6H3/t18?,22-/m1/s1. The molecule has 1 aliphatic rings. The van der Waals surface area contributed by atoms with Crippen molar-refractivity contribution in [2.24, 2.45) is 4.99 Å². The molecule has 0 fully saturated rings. The van der Waals surface area contributed by atoms with Gasteiger partial charge in [0.1, 0.15) is 24.5 Å². The number of hydrogen-bond acceptors (Lipinski definition) is 4. The highest BCUT2D eigenvalue weighted by molar-refractivity contribution is 6.74. The van der Waals surface area contributed by atoms with Gasteiger partial charge in [0, 0.05) is 5.56 Å². The van der Waals surface area contributed by atoms with Gasteiger partial charge in [-0.15, -0.1) is 0 Å². The Morgan fingerprint density at radius 3 is 2.52 bits per heavy atom. The van der Waals surface area contributed by atoms with Crippen LogP contribution in [0.1, 0.15) is 44.9 Å². The van der Waals surface area contributed by atoms with Crippen LogP contribution in [0.2, 0.25) is 18.1 Å². The minimum atomic E-state index is -1.78. The van der Waals surface area contributed by atoms with E-state index in [1.807, 2.05) is 42.5 Å². The summed E-state index contributed by atoms with van der Waals surface area (Å²) in [6.45, 7) is 14.5. The van der Waals surface area contributed by atoms with Gasteiger partial charge in [0.2, 0.25) is 5.90 Å². The van der Waals surface area contributed by atoms with Gasteiger partial charge in [0.15, 0.2) is 8.32 Å². The normalized spacial score (nSPS) is 18.1. The quantitative estimate of drug-likeness (QED) is 0.525. The maximum atomic E-state index is 6.29. The summed E-state index contributed by atoms with van der Waals surface area (Å²) in [7, 11) is -1.78. The second-order valence-electron chi connectivity index (χ2n) is 9.20. The van der Waals surface area contributed by atoms with E-state index < -0.39 is 8.32 Å². The zero-order valence-electron chi connectivity index (χ0n) is 18.4. The fourth-order valence-electron chi connectivity index (χ4n) is 2.89. The van der Waals surface area contributed by atoms with Crippen molar-refractivity contribution < 1.29 is 13.9 Å². The summed E-state index contributed by atoms with van der Waals surface area (Å²) >= 11 is 0. The Kier molecular flexibility index (Phi) is 6.49. The van der Waals surface area contributed by atoms with Crippen LogP contribution in [0.3, 0.4) is 0 Å². The Balaban J connectivity index is 1.63. The van der Waals surface area contributed by atoms with Crippen LogP contribution in [0.4, 0.5) is 0 Å². The molecule has 2 aromatic carbocycles.